The Morgan fingerprint density at radius 2 is 2.41 bits per heavy atom. The second kappa shape index (κ2) is 5.46. The summed E-state index contributed by atoms with van der Waals surface area (Å²) in [6.07, 6.45) is 4.82. The molecular formula is C13H23N3S. The molecule has 1 heterocycles. The average molecular weight is 253 g/mol. The molecule has 1 aliphatic carbocycles. The summed E-state index contributed by atoms with van der Waals surface area (Å²) in [6, 6.07) is 0.671. The second-order valence-electron chi connectivity index (χ2n) is 5.76. The fourth-order valence-electron chi connectivity index (χ4n) is 2.53. The fourth-order valence-corrected chi connectivity index (χ4v) is 3.34. The lowest BCUT2D eigenvalue weighted by molar-refractivity contribution is 0.364. The van der Waals surface area contributed by atoms with E-state index >= 15 is 0 Å². The van der Waals surface area contributed by atoms with Crippen molar-refractivity contribution in [2.75, 3.05) is 6.54 Å². The molecule has 1 unspecified atom stereocenters. The van der Waals surface area contributed by atoms with Gasteiger partial charge < -0.3 is 11.1 Å². The fraction of sp³-hybridized carbons (Fsp3) is 0.769. The first kappa shape index (κ1) is 13.0. The molecule has 0 bridgehead atoms. The Labute approximate surface area is 108 Å². The smallest absolute Gasteiger partial charge is 0.0941 e. The molecule has 96 valence electrons. The van der Waals surface area contributed by atoms with Crippen LogP contribution in [0.1, 0.15) is 43.8 Å². The third-order valence-electron chi connectivity index (χ3n) is 3.50. The van der Waals surface area contributed by atoms with Crippen molar-refractivity contribution in [2.24, 2.45) is 11.1 Å². The molecule has 1 aromatic heterocycles. The summed E-state index contributed by atoms with van der Waals surface area (Å²) >= 11 is 1.73. The highest BCUT2D eigenvalue weighted by Crippen LogP contribution is 2.36. The molecule has 0 saturated heterocycles. The van der Waals surface area contributed by atoms with Gasteiger partial charge in [0.15, 0.2) is 0 Å². The van der Waals surface area contributed by atoms with Crippen LogP contribution in [0.15, 0.2) is 5.38 Å². The number of aromatic nitrogens is 1. The minimum Gasteiger partial charge on any atom is -0.330 e. The van der Waals surface area contributed by atoms with Crippen LogP contribution in [0.5, 0.6) is 0 Å². The molecule has 2 rings (SSSR count). The predicted molar refractivity (Wildman–Crippen MR) is 73.1 cm³/mol. The Bertz CT molecular complexity index is 359. The SMILES string of the molecule is CC1(C)CCC(NCc2csc(CCN)n2)C1. The zero-order chi connectivity index (χ0) is 12.3. The van der Waals surface area contributed by atoms with Crippen LogP contribution in [0.25, 0.3) is 0 Å². The number of nitrogens with zero attached hydrogens (tertiary/aromatic N) is 1. The number of thiazole rings is 1. The van der Waals surface area contributed by atoms with E-state index in [2.05, 4.69) is 29.5 Å². The maximum atomic E-state index is 5.52. The molecule has 0 aromatic carbocycles. The van der Waals surface area contributed by atoms with Crippen LogP contribution in [0.2, 0.25) is 0 Å². The van der Waals surface area contributed by atoms with E-state index in [9.17, 15) is 0 Å². The van der Waals surface area contributed by atoms with E-state index in [1.54, 1.807) is 11.3 Å². The Hall–Kier alpha value is -0.450. The summed E-state index contributed by atoms with van der Waals surface area (Å²) in [7, 11) is 0. The number of hydrogen-bond acceptors (Lipinski definition) is 4. The predicted octanol–water partition coefficient (Wildman–Crippen LogP) is 2.31. The van der Waals surface area contributed by atoms with Crippen LogP contribution >= 0.6 is 11.3 Å². The van der Waals surface area contributed by atoms with E-state index in [1.807, 2.05) is 0 Å². The van der Waals surface area contributed by atoms with Crippen molar-refractivity contribution in [1.29, 1.82) is 0 Å². The van der Waals surface area contributed by atoms with Crippen LogP contribution in [-0.2, 0) is 13.0 Å². The van der Waals surface area contributed by atoms with Crippen LogP contribution < -0.4 is 11.1 Å². The normalized spacial score (nSPS) is 23.1. The molecule has 1 aromatic rings. The first-order valence-corrected chi connectivity index (χ1v) is 7.34. The van der Waals surface area contributed by atoms with E-state index in [0.29, 0.717) is 18.0 Å². The monoisotopic (exact) mass is 253 g/mol. The second-order valence-corrected chi connectivity index (χ2v) is 6.70. The zero-order valence-electron chi connectivity index (χ0n) is 10.8. The molecule has 0 amide bonds. The Morgan fingerprint density at radius 1 is 1.59 bits per heavy atom. The lowest BCUT2D eigenvalue weighted by atomic mass is 9.92. The first-order chi connectivity index (χ1) is 8.09. The molecule has 1 aliphatic rings. The number of rotatable bonds is 5. The molecule has 3 nitrogen and oxygen atoms in total. The molecule has 0 aliphatic heterocycles. The highest BCUT2D eigenvalue weighted by atomic mass is 32.1. The molecule has 17 heavy (non-hydrogen) atoms. The molecule has 0 spiro atoms. The van der Waals surface area contributed by atoms with Gasteiger partial charge in [0.2, 0.25) is 0 Å². The van der Waals surface area contributed by atoms with Crippen LogP contribution in [0.4, 0.5) is 0 Å². The van der Waals surface area contributed by atoms with Gasteiger partial charge in [-0.1, -0.05) is 13.8 Å². The summed E-state index contributed by atoms with van der Waals surface area (Å²) in [5.74, 6) is 0. The van der Waals surface area contributed by atoms with Gasteiger partial charge in [0.1, 0.15) is 0 Å². The standard InChI is InChI=1S/C13H23N3S/c1-13(2)5-3-10(7-13)15-8-11-9-17-12(16-11)4-6-14/h9-10,15H,3-8,14H2,1-2H3. The van der Waals surface area contributed by atoms with E-state index in [-0.39, 0.29) is 0 Å². The van der Waals surface area contributed by atoms with Gasteiger partial charge in [-0.25, -0.2) is 4.98 Å². The van der Waals surface area contributed by atoms with Crippen LogP contribution in [0.3, 0.4) is 0 Å². The maximum Gasteiger partial charge on any atom is 0.0941 e. The van der Waals surface area contributed by atoms with Gasteiger partial charge >= 0.3 is 0 Å². The van der Waals surface area contributed by atoms with Gasteiger partial charge in [0.25, 0.3) is 0 Å². The van der Waals surface area contributed by atoms with Gasteiger partial charge in [-0.3, -0.25) is 0 Å². The first-order valence-electron chi connectivity index (χ1n) is 6.46. The number of nitrogens with one attached hydrogen (secondary N) is 1. The Balaban J connectivity index is 1.78. The third-order valence-corrected chi connectivity index (χ3v) is 4.46. The Kier molecular flexibility index (Phi) is 4.17. The van der Waals surface area contributed by atoms with Crippen LogP contribution in [0, 0.1) is 5.41 Å². The van der Waals surface area contributed by atoms with E-state index in [4.69, 9.17) is 5.73 Å². The van der Waals surface area contributed by atoms with Crippen molar-refractivity contribution < 1.29 is 0 Å². The Morgan fingerprint density at radius 3 is 3.06 bits per heavy atom. The zero-order valence-corrected chi connectivity index (χ0v) is 11.6. The van der Waals surface area contributed by atoms with E-state index in [1.165, 1.54) is 25.0 Å². The molecule has 1 saturated carbocycles. The topological polar surface area (TPSA) is 50.9 Å². The van der Waals surface area contributed by atoms with Gasteiger partial charge in [0, 0.05) is 24.4 Å². The van der Waals surface area contributed by atoms with Crippen molar-refractivity contribution in [3.05, 3.63) is 16.1 Å². The third kappa shape index (κ3) is 3.76. The minimum atomic E-state index is 0.518. The molecule has 3 N–H and O–H groups in total. The van der Waals surface area contributed by atoms with Crippen molar-refractivity contribution in [2.45, 2.75) is 52.1 Å². The maximum absolute atomic E-state index is 5.52. The van der Waals surface area contributed by atoms with Gasteiger partial charge in [-0.15, -0.1) is 11.3 Å². The summed E-state index contributed by atoms with van der Waals surface area (Å²) in [5, 5.41) is 6.94. The molecular weight excluding hydrogens is 230 g/mol. The molecule has 4 heteroatoms. The summed E-state index contributed by atoms with van der Waals surface area (Å²) in [5.41, 5.74) is 7.21. The summed E-state index contributed by atoms with van der Waals surface area (Å²) in [6.45, 7) is 6.31. The van der Waals surface area contributed by atoms with Crippen LogP contribution in [-0.4, -0.2) is 17.6 Å². The lowest BCUT2D eigenvalue weighted by Crippen LogP contribution is -2.27. The summed E-state index contributed by atoms with van der Waals surface area (Å²) in [4.78, 5) is 4.57. The number of nitrogens with two attached hydrogens (primary N) is 1. The van der Waals surface area contributed by atoms with Crippen molar-refractivity contribution in [3.63, 3.8) is 0 Å². The van der Waals surface area contributed by atoms with Gasteiger partial charge in [0.05, 0.1) is 10.7 Å². The largest absolute Gasteiger partial charge is 0.330 e. The average Bonchev–Trinajstić information content (AvgIpc) is 2.83. The van der Waals surface area contributed by atoms with Crippen molar-refractivity contribution >= 4 is 11.3 Å². The highest BCUT2D eigenvalue weighted by molar-refractivity contribution is 7.09. The highest BCUT2D eigenvalue weighted by Gasteiger charge is 2.30. The summed E-state index contributed by atoms with van der Waals surface area (Å²) < 4.78 is 0. The van der Waals surface area contributed by atoms with Gasteiger partial charge in [-0.2, -0.15) is 0 Å². The number of hydrogen-bond donors (Lipinski definition) is 2. The quantitative estimate of drug-likeness (QED) is 0.846. The van der Waals surface area contributed by atoms with Crippen molar-refractivity contribution in [1.82, 2.24) is 10.3 Å². The molecule has 0 radical (unpaired) electrons. The van der Waals surface area contributed by atoms with E-state index < -0.39 is 0 Å². The van der Waals surface area contributed by atoms with Gasteiger partial charge in [-0.05, 0) is 31.2 Å². The molecule has 1 atom stereocenters. The lowest BCUT2D eigenvalue weighted by Gasteiger charge is -2.17. The minimum absolute atomic E-state index is 0.518. The van der Waals surface area contributed by atoms with Crippen molar-refractivity contribution in [3.8, 4) is 0 Å². The van der Waals surface area contributed by atoms with E-state index in [0.717, 1.165) is 18.0 Å². The molecule has 1 fully saturated rings.